The molecule has 1 N–H and O–H groups in total. The Labute approximate surface area is 175 Å². The first-order valence-corrected chi connectivity index (χ1v) is 10.2. The summed E-state index contributed by atoms with van der Waals surface area (Å²) in [5, 5.41) is 3.44. The van der Waals surface area contributed by atoms with Crippen LogP contribution in [0.1, 0.15) is 51.9 Å². The van der Waals surface area contributed by atoms with Crippen molar-refractivity contribution in [1.82, 2.24) is 15.1 Å². The van der Waals surface area contributed by atoms with Crippen molar-refractivity contribution in [3.63, 3.8) is 0 Å². The predicted molar refractivity (Wildman–Crippen MR) is 115 cm³/mol. The number of nitrogens with zero attached hydrogens (tertiary/aromatic N) is 3. The number of carbonyl (C=O) groups is 1. The van der Waals surface area contributed by atoms with Gasteiger partial charge in [0.25, 0.3) is 5.91 Å². The SMILES string of the molecule is CCNC(=NCC1CCCCC1)N1CCN(C(=O)C2CCCO2)CC1.I. The second-order valence-corrected chi connectivity index (χ2v) is 7.51. The lowest BCUT2D eigenvalue weighted by Crippen LogP contribution is -2.55. The lowest BCUT2D eigenvalue weighted by atomic mass is 9.89. The first kappa shape index (κ1) is 21.7. The number of rotatable bonds is 4. The minimum absolute atomic E-state index is 0. The van der Waals surface area contributed by atoms with E-state index < -0.39 is 0 Å². The third-order valence-corrected chi connectivity index (χ3v) is 5.65. The van der Waals surface area contributed by atoms with E-state index in [1.807, 2.05) is 4.90 Å². The Hall–Kier alpha value is -0.570. The van der Waals surface area contributed by atoms with Gasteiger partial charge in [0.05, 0.1) is 0 Å². The number of hydrogen-bond acceptors (Lipinski definition) is 3. The summed E-state index contributed by atoms with van der Waals surface area (Å²) >= 11 is 0. The summed E-state index contributed by atoms with van der Waals surface area (Å²) < 4.78 is 5.55. The second-order valence-electron chi connectivity index (χ2n) is 7.51. The van der Waals surface area contributed by atoms with Gasteiger partial charge in [0, 0.05) is 45.9 Å². The molecular formula is C19H35IN4O2. The van der Waals surface area contributed by atoms with Gasteiger partial charge in [-0.1, -0.05) is 19.3 Å². The van der Waals surface area contributed by atoms with Crippen molar-refractivity contribution >= 4 is 35.8 Å². The molecule has 1 saturated carbocycles. The van der Waals surface area contributed by atoms with Gasteiger partial charge >= 0.3 is 0 Å². The van der Waals surface area contributed by atoms with Gasteiger partial charge in [-0.15, -0.1) is 24.0 Å². The summed E-state index contributed by atoms with van der Waals surface area (Å²) in [6, 6.07) is 0. The van der Waals surface area contributed by atoms with E-state index >= 15 is 0 Å². The Kier molecular flexibility index (Phi) is 9.45. The van der Waals surface area contributed by atoms with Gasteiger partial charge in [0.15, 0.2) is 5.96 Å². The Balaban J connectivity index is 0.00000243. The predicted octanol–water partition coefficient (Wildman–Crippen LogP) is 2.47. The second kappa shape index (κ2) is 11.3. The van der Waals surface area contributed by atoms with Gasteiger partial charge in [-0.3, -0.25) is 9.79 Å². The zero-order valence-electron chi connectivity index (χ0n) is 16.1. The lowest BCUT2D eigenvalue weighted by Gasteiger charge is -2.37. The van der Waals surface area contributed by atoms with E-state index in [0.29, 0.717) is 0 Å². The van der Waals surface area contributed by atoms with Crippen LogP contribution in [0.3, 0.4) is 0 Å². The molecule has 0 aromatic carbocycles. The summed E-state index contributed by atoms with van der Waals surface area (Å²) in [6.45, 7) is 7.93. The van der Waals surface area contributed by atoms with E-state index in [0.717, 1.165) is 70.6 Å². The maximum absolute atomic E-state index is 12.5. The largest absolute Gasteiger partial charge is 0.368 e. The molecular weight excluding hydrogens is 443 g/mol. The normalized spacial score (nSPS) is 25.1. The molecule has 0 spiro atoms. The number of aliphatic imine (C=N–C) groups is 1. The van der Waals surface area contributed by atoms with Crippen LogP contribution in [0.2, 0.25) is 0 Å². The Morgan fingerprint density at radius 3 is 2.35 bits per heavy atom. The Bertz CT molecular complexity index is 454. The minimum Gasteiger partial charge on any atom is -0.368 e. The van der Waals surface area contributed by atoms with Crippen LogP contribution < -0.4 is 5.32 Å². The third-order valence-electron chi connectivity index (χ3n) is 5.65. The highest BCUT2D eigenvalue weighted by molar-refractivity contribution is 14.0. The molecule has 1 aliphatic carbocycles. The van der Waals surface area contributed by atoms with Crippen molar-refractivity contribution in [2.45, 2.75) is 58.0 Å². The highest BCUT2D eigenvalue weighted by Crippen LogP contribution is 2.23. The average molecular weight is 478 g/mol. The molecule has 3 fully saturated rings. The van der Waals surface area contributed by atoms with Crippen molar-refractivity contribution in [3.8, 4) is 0 Å². The molecule has 2 saturated heterocycles. The molecule has 1 amide bonds. The fourth-order valence-electron chi connectivity index (χ4n) is 4.13. The van der Waals surface area contributed by atoms with Crippen LogP contribution >= 0.6 is 24.0 Å². The molecule has 150 valence electrons. The summed E-state index contributed by atoms with van der Waals surface area (Å²) in [7, 11) is 0. The quantitative estimate of drug-likeness (QED) is 0.383. The van der Waals surface area contributed by atoms with Crippen LogP contribution in [0.15, 0.2) is 4.99 Å². The highest BCUT2D eigenvalue weighted by Gasteiger charge is 2.31. The van der Waals surface area contributed by atoms with E-state index in [1.54, 1.807) is 0 Å². The van der Waals surface area contributed by atoms with Crippen molar-refractivity contribution < 1.29 is 9.53 Å². The number of nitrogens with one attached hydrogen (secondary N) is 1. The van der Waals surface area contributed by atoms with E-state index in [9.17, 15) is 4.79 Å². The monoisotopic (exact) mass is 478 g/mol. The Morgan fingerprint density at radius 2 is 1.73 bits per heavy atom. The molecule has 3 rings (SSSR count). The van der Waals surface area contributed by atoms with Crippen molar-refractivity contribution in [3.05, 3.63) is 0 Å². The standard InChI is InChI=1S/C19H34N4O2.HI/c1-2-20-19(21-15-16-7-4-3-5-8-16)23-12-10-22(11-13-23)18(24)17-9-6-14-25-17;/h16-17H,2-15H2,1H3,(H,20,21);1H. The van der Waals surface area contributed by atoms with Gasteiger partial charge in [-0.05, 0) is 38.5 Å². The zero-order valence-corrected chi connectivity index (χ0v) is 18.5. The smallest absolute Gasteiger partial charge is 0.251 e. The summed E-state index contributed by atoms with van der Waals surface area (Å²) in [5.74, 6) is 1.96. The molecule has 2 aliphatic heterocycles. The third kappa shape index (κ3) is 5.97. The minimum atomic E-state index is -0.195. The van der Waals surface area contributed by atoms with Gasteiger partial charge < -0.3 is 19.9 Å². The summed E-state index contributed by atoms with van der Waals surface area (Å²) in [4.78, 5) is 21.7. The molecule has 26 heavy (non-hydrogen) atoms. The van der Waals surface area contributed by atoms with Crippen molar-refractivity contribution in [2.75, 3.05) is 45.9 Å². The molecule has 0 bridgehead atoms. The first-order chi connectivity index (χ1) is 12.3. The Morgan fingerprint density at radius 1 is 1.04 bits per heavy atom. The number of ether oxygens (including phenoxy) is 1. The topological polar surface area (TPSA) is 57.2 Å². The van der Waals surface area contributed by atoms with Gasteiger partial charge in [0.1, 0.15) is 6.10 Å². The zero-order chi connectivity index (χ0) is 17.5. The summed E-state index contributed by atoms with van der Waals surface area (Å²) in [6.07, 6.45) is 8.46. The van der Waals surface area contributed by atoms with Crippen LogP contribution in [0.25, 0.3) is 0 Å². The van der Waals surface area contributed by atoms with Gasteiger partial charge in [-0.2, -0.15) is 0 Å². The molecule has 0 aromatic rings. The number of guanidine groups is 1. The maximum Gasteiger partial charge on any atom is 0.251 e. The fraction of sp³-hybridized carbons (Fsp3) is 0.895. The number of hydrogen-bond donors (Lipinski definition) is 1. The van der Waals surface area contributed by atoms with Gasteiger partial charge in [0.2, 0.25) is 0 Å². The van der Waals surface area contributed by atoms with Crippen molar-refractivity contribution in [1.29, 1.82) is 0 Å². The fourth-order valence-corrected chi connectivity index (χ4v) is 4.13. The summed E-state index contributed by atoms with van der Waals surface area (Å²) in [5.41, 5.74) is 0. The molecule has 0 radical (unpaired) electrons. The van der Waals surface area contributed by atoms with Crippen LogP contribution in [0.4, 0.5) is 0 Å². The van der Waals surface area contributed by atoms with Crippen LogP contribution in [-0.4, -0.2) is 73.6 Å². The van der Waals surface area contributed by atoms with E-state index in [1.165, 1.54) is 32.1 Å². The molecule has 6 nitrogen and oxygen atoms in total. The number of amides is 1. The van der Waals surface area contributed by atoms with Crippen LogP contribution in [0, 0.1) is 5.92 Å². The van der Waals surface area contributed by atoms with Gasteiger partial charge in [-0.25, -0.2) is 0 Å². The average Bonchev–Trinajstić information content (AvgIpc) is 3.20. The number of halogens is 1. The van der Waals surface area contributed by atoms with E-state index in [2.05, 4.69) is 17.1 Å². The highest BCUT2D eigenvalue weighted by atomic mass is 127. The molecule has 0 aromatic heterocycles. The number of piperazine rings is 1. The number of carbonyl (C=O) groups excluding carboxylic acids is 1. The molecule has 7 heteroatoms. The molecule has 1 unspecified atom stereocenters. The molecule has 2 heterocycles. The van der Waals surface area contributed by atoms with E-state index in [4.69, 9.17) is 9.73 Å². The van der Waals surface area contributed by atoms with E-state index in [-0.39, 0.29) is 36.0 Å². The molecule has 1 atom stereocenters. The van der Waals surface area contributed by atoms with Crippen molar-refractivity contribution in [2.24, 2.45) is 10.9 Å². The molecule has 3 aliphatic rings. The van der Waals surface area contributed by atoms with Crippen LogP contribution in [0.5, 0.6) is 0 Å². The maximum atomic E-state index is 12.5. The van der Waals surface area contributed by atoms with Crippen LogP contribution in [-0.2, 0) is 9.53 Å². The lowest BCUT2D eigenvalue weighted by molar-refractivity contribution is -0.142. The first-order valence-electron chi connectivity index (χ1n) is 10.2.